The molecule has 102 valence electrons. The summed E-state index contributed by atoms with van der Waals surface area (Å²) >= 11 is 5.54. The number of likely N-dealkylation sites (tertiary alicyclic amines) is 1. The van der Waals surface area contributed by atoms with Gasteiger partial charge in [0.05, 0.1) is 0 Å². The Morgan fingerprint density at radius 1 is 1.28 bits per heavy atom. The molecule has 2 rings (SSSR count). The van der Waals surface area contributed by atoms with Crippen molar-refractivity contribution in [3.8, 4) is 0 Å². The average Bonchev–Trinajstić information content (AvgIpc) is 2.91. The molecule has 0 aromatic rings. The Morgan fingerprint density at radius 3 is 2.22 bits per heavy atom. The number of rotatable bonds is 1. The van der Waals surface area contributed by atoms with Crippen LogP contribution in [-0.2, 0) is 9.53 Å². The van der Waals surface area contributed by atoms with Gasteiger partial charge in [0, 0.05) is 19.0 Å². The summed E-state index contributed by atoms with van der Waals surface area (Å²) in [4.78, 5) is 24.7. The first-order chi connectivity index (χ1) is 8.23. The van der Waals surface area contributed by atoms with E-state index in [1.807, 2.05) is 20.8 Å². The second-order valence-electron chi connectivity index (χ2n) is 6.39. The highest BCUT2D eigenvalue weighted by Gasteiger charge is 2.58. The number of nitrogens with zero attached hydrogens (tertiary/aromatic N) is 1. The van der Waals surface area contributed by atoms with Crippen LogP contribution < -0.4 is 0 Å². The summed E-state index contributed by atoms with van der Waals surface area (Å²) in [5, 5.41) is -0.222. The number of halogens is 1. The molecule has 1 amide bonds. The zero-order valence-electron chi connectivity index (χ0n) is 11.2. The van der Waals surface area contributed by atoms with Gasteiger partial charge >= 0.3 is 6.09 Å². The van der Waals surface area contributed by atoms with Gasteiger partial charge in [-0.2, -0.15) is 0 Å². The molecule has 1 saturated heterocycles. The molecule has 18 heavy (non-hydrogen) atoms. The van der Waals surface area contributed by atoms with Gasteiger partial charge in [-0.05, 0) is 57.0 Å². The van der Waals surface area contributed by atoms with Gasteiger partial charge in [0.1, 0.15) is 5.60 Å². The third-order valence-electron chi connectivity index (χ3n) is 3.87. The Bertz CT molecular complexity index is 367. The van der Waals surface area contributed by atoms with Crippen molar-refractivity contribution in [3.63, 3.8) is 0 Å². The van der Waals surface area contributed by atoms with E-state index in [1.165, 1.54) is 0 Å². The SMILES string of the molecule is CC(C)(C)OC(=O)N1CCC2(CC1)CC2C(=O)Cl. The predicted molar refractivity (Wildman–Crippen MR) is 68.4 cm³/mol. The Hall–Kier alpha value is -0.770. The third kappa shape index (κ3) is 2.79. The highest BCUT2D eigenvalue weighted by atomic mass is 35.5. The maximum atomic E-state index is 11.9. The van der Waals surface area contributed by atoms with Gasteiger partial charge in [-0.3, -0.25) is 4.79 Å². The molecule has 0 aromatic carbocycles. The lowest BCUT2D eigenvalue weighted by Crippen LogP contribution is -2.42. The van der Waals surface area contributed by atoms with Crippen LogP contribution in [0.3, 0.4) is 0 Å². The standard InChI is InChI=1S/C13H20ClNO3/c1-12(2,3)18-11(17)15-6-4-13(5-7-15)8-9(13)10(14)16/h9H,4-8H2,1-3H3. The molecule has 4 nitrogen and oxygen atoms in total. The van der Waals surface area contributed by atoms with E-state index in [1.54, 1.807) is 4.90 Å². The first-order valence-corrected chi connectivity index (χ1v) is 6.79. The van der Waals surface area contributed by atoms with Gasteiger partial charge in [-0.1, -0.05) is 0 Å². The summed E-state index contributed by atoms with van der Waals surface area (Å²) in [7, 11) is 0. The van der Waals surface area contributed by atoms with Crippen LogP contribution in [0.15, 0.2) is 0 Å². The van der Waals surface area contributed by atoms with Crippen LogP contribution in [0.1, 0.15) is 40.0 Å². The van der Waals surface area contributed by atoms with Crippen LogP contribution in [-0.4, -0.2) is 34.9 Å². The number of carbonyl (C=O) groups is 2. The van der Waals surface area contributed by atoms with Crippen molar-refractivity contribution in [2.24, 2.45) is 11.3 Å². The summed E-state index contributed by atoms with van der Waals surface area (Å²) in [5.74, 6) is 0.0138. The molecule has 2 fully saturated rings. The number of piperidine rings is 1. The average molecular weight is 274 g/mol. The molecule has 0 bridgehead atoms. The number of carbonyl (C=O) groups excluding carboxylic acids is 2. The topological polar surface area (TPSA) is 46.6 Å². The van der Waals surface area contributed by atoms with Gasteiger partial charge in [-0.15, -0.1) is 0 Å². The summed E-state index contributed by atoms with van der Waals surface area (Å²) in [6, 6.07) is 0. The van der Waals surface area contributed by atoms with Gasteiger partial charge in [-0.25, -0.2) is 4.79 Å². The van der Waals surface area contributed by atoms with Crippen molar-refractivity contribution >= 4 is 22.9 Å². The molecular formula is C13H20ClNO3. The Labute approximate surface area is 113 Å². The van der Waals surface area contributed by atoms with E-state index in [-0.39, 0.29) is 22.7 Å². The molecular weight excluding hydrogens is 254 g/mol. The van der Waals surface area contributed by atoms with Gasteiger partial charge in [0.2, 0.25) is 5.24 Å². The van der Waals surface area contributed by atoms with E-state index in [2.05, 4.69) is 0 Å². The summed E-state index contributed by atoms with van der Waals surface area (Å²) in [6.45, 7) is 6.91. The normalized spacial score (nSPS) is 26.0. The van der Waals surface area contributed by atoms with E-state index in [0.717, 1.165) is 19.3 Å². The fourth-order valence-corrected chi connectivity index (χ4v) is 2.99. The van der Waals surface area contributed by atoms with E-state index < -0.39 is 5.60 Å². The number of ether oxygens (including phenoxy) is 1. The minimum atomic E-state index is -0.458. The second kappa shape index (κ2) is 4.41. The maximum absolute atomic E-state index is 11.9. The van der Waals surface area contributed by atoms with E-state index in [4.69, 9.17) is 16.3 Å². The van der Waals surface area contributed by atoms with Crippen LogP contribution in [0.4, 0.5) is 4.79 Å². The quantitative estimate of drug-likeness (QED) is 0.690. The molecule has 0 aromatic heterocycles. The number of hydrogen-bond acceptors (Lipinski definition) is 3. The Morgan fingerprint density at radius 2 is 1.83 bits per heavy atom. The van der Waals surface area contributed by atoms with Crippen LogP contribution >= 0.6 is 11.6 Å². The van der Waals surface area contributed by atoms with Crippen LogP contribution in [0.2, 0.25) is 0 Å². The molecule has 1 aliphatic carbocycles. The first-order valence-electron chi connectivity index (χ1n) is 6.41. The summed E-state index contributed by atoms with van der Waals surface area (Å²) in [5.41, 5.74) is -0.377. The molecule has 2 aliphatic rings. The molecule has 5 heteroatoms. The molecule has 1 unspecified atom stereocenters. The van der Waals surface area contributed by atoms with Crippen LogP contribution in [0.5, 0.6) is 0 Å². The van der Waals surface area contributed by atoms with E-state index in [9.17, 15) is 9.59 Å². The second-order valence-corrected chi connectivity index (χ2v) is 6.76. The monoisotopic (exact) mass is 273 g/mol. The lowest BCUT2D eigenvalue weighted by Gasteiger charge is -2.34. The minimum Gasteiger partial charge on any atom is -0.444 e. The minimum absolute atomic E-state index is 0.0138. The molecule has 0 N–H and O–H groups in total. The van der Waals surface area contributed by atoms with Crippen LogP contribution in [0, 0.1) is 11.3 Å². The predicted octanol–water partition coefficient (Wildman–Crippen LogP) is 2.79. The first kappa shape index (κ1) is 13.7. The third-order valence-corrected chi connectivity index (χ3v) is 4.14. The fraction of sp³-hybridized carbons (Fsp3) is 0.846. The van der Waals surface area contributed by atoms with Crippen LogP contribution in [0.25, 0.3) is 0 Å². The lowest BCUT2D eigenvalue weighted by molar-refractivity contribution is -0.113. The van der Waals surface area contributed by atoms with Gasteiger partial charge < -0.3 is 9.64 Å². The Balaban J connectivity index is 1.85. The zero-order chi connectivity index (χ0) is 13.6. The van der Waals surface area contributed by atoms with E-state index >= 15 is 0 Å². The number of amides is 1. The highest BCUT2D eigenvalue weighted by molar-refractivity contribution is 6.64. The van der Waals surface area contributed by atoms with Crippen molar-refractivity contribution in [3.05, 3.63) is 0 Å². The maximum Gasteiger partial charge on any atom is 0.410 e. The molecule has 1 atom stereocenters. The fourth-order valence-electron chi connectivity index (χ4n) is 2.68. The van der Waals surface area contributed by atoms with Crippen molar-refractivity contribution in [2.45, 2.75) is 45.6 Å². The summed E-state index contributed by atoms with van der Waals surface area (Å²) in [6.07, 6.45) is 2.34. The molecule has 0 radical (unpaired) electrons. The van der Waals surface area contributed by atoms with Crippen molar-refractivity contribution in [1.29, 1.82) is 0 Å². The van der Waals surface area contributed by atoms with E-state index in [0.29, 0.717) is 13.1 Å². The lowest BCUT2D eigenvalue weighted by atomic mass is 9.91. The Kier molecular flexibility index (Phi) is 3.34. The molecule has 1 heterocycles. The molecule has 1 spiro atoms. The van der Waals surface area contributed by atoms with Crippen molar-refractivity contribution in [2.75, 3.05) is 13.1 Å². The van der Waals surface area contributed by atoms with Gasteiger partial charge in [0.25, 0.3) is 0 Å². The van der Waals surface area contributed by atoms with Crippen molar-refractivity contribution in [1.82, 2.24) is 4.90 Å². The number of hydrogen-bond donors (Lipinski definition) is 0. The highest BCUT2D eigenvalue weighted by Crippen LogP contribution is 2.60. The molecule has 1 saturated carbocycles. The smallest absolute Gasteiger partial charge is 0.410 e. The zero-order valence-corrected chi connectivity index (χ0v) is 11.9. The summed E-state index contributed by atoms with van der Waals surface area (Å²) < 4.78 is 5.33. The largest absolute Gasteiger partial charge is 0.444 e. The van der Waals surface area contributed by atoms with Crippen molar-refractivity contribution < 1.29 is 14.3 Å². The molecule has 1 aliphatic heterocycles. The van der Waals surface area contributed by atoms with Gasteiger partial charge in [0.15, 0.2) is 0 Å².